The first-order valence-electron chi connectivity index (χ1n) is 10.7. The molecule has 0 saturated carbocycles. The minimum Gasteiger partial charge on any atom is -0.479 e. The molecule has 2 aromatic rings. The number of aliphatic carboxylic acids is 1. The molecule has 3 rings (SSSR count). The normalized spacial score (nSPS) is 15.3. The van der Waals surface area contributed by atoms with Crippen molar-refractivity contribution in [1.29, 1.82) is 0 Å². The Morgan fingerprint density at radius 3 is 2.09 bits per heavy atom. The number of thioether (sulfide) groups is 1. The van der Waals surface area contributed by atoms with E-state index in [0.717, 1.165) is 22.3 Å². The van der Waals surface area contributed by atoms with E-state index >= 15 is 0 Å². The highest BCUT2D eigenvalue weighted by Crippen LogP contribution is 2.44. The third-order valence-electron chi connectivity index (χ3n) is 5.93. The van der Waals surface area contributed by atoms with Gasteiger partial charge in [-0.1, -0.05) is 48.5 Å². The predicted octanol–water partition coefficient (Wildman–Crippen LogP) is 4.17. The number of hydrogen-bond donors (Lipinski definition) is 3. The molecule has 0 spiro atoms. The minimum atomic E-state index is -5.25. The molecule has 0 fully saturated rings. The van der Waals surface area contributed by atoms with Crippen LogP contribution >= 0.6 is 11.8 Å². The molecule has 0 aliphatic heterocycles. The SMILES string of the molecule is CSCC[C@@H](NC(=O)OCC1c2ccccc2-c2ccccc21)C(=O)NC(C)(C(=O)O)C(F)(F)F. The molecule has 2 aromatic carbocycles. The molecule has 35 heavy (non-hydrogen) atoms. The van der Waals surface area contributed by atoms with Gasteiger partial charge >= 0.3 is 18.2 Å². The fourth-order valence-electron chi connectivity index (χ4n) is 3.87. The number of alkyl carbamates (subject to hydrolysis) is 1. The summed E-state index contributed by atoms with van der Waals surface area (Å²) in [6.07, 6.45) is -4.54. The lowest BCUT2D eigenvalue weighted by molar-refractivity contribution is -0.207. The number of hydrogen-bond acceptors (Lipinski definition) is 5. The fourth-order valence-corrected chi connectivity index (χ4v) is 4.34. The molecule has 7 nitrogen and oxygen atoms in total. The van der Waals surface area contributed by atoms with Crippen molar-refractivity contribution in [2.75, 3.05) is 18.6 Å². The van der Waals surface area contributed by atoms with Gasteiger partial charge in [0.2, 0.25) is 11.4 Å². The number of carbonyl (C=O) groups is 3. The van der Waals surface area contributed by atoms with Gasteiger partial charge in [-0.05, 0) is 47.6 Å². The standard InChI is InChI=1S/C24H25F3N2O5S/c1-23(21(31)32,24(25,26)27)29-20(30)19(11-12-35-2)28-22(33)34-13-18-16-9-5-3-7-14(16)15-8-4-6-10-17(15)18/h3-10,18-19H,11-13H2,1-2H3,(H,28,33)(H,29,30)(H,31,32)/t19-,23?/m1/s1. The number of halogens is 3. The number of carbonyl (C=O) groups excluding carboxylic acids is 2. The zero-order valence-electron chi connectivity index (χ0n) is 19.0. The van der Waals surface area contributed by atoms with Crippen molar-refractivity contribution < 1.29 is 37.4 Å². The Bertz CT molecular complexity index is 1070. The molecule has 3 N–H and O–H groups in total. The van der Waals surface area contributed by atoms with E-state index in [9.17, 15) is 27.6 Å². The zero-order chi connectivity index (χ0) is 25.8. The van der Waals surface area contributed by atoms with Crippen LogP contribution in [-0.2, 0) is 14.3 Å². The first-order chi connectivity index (χ1) is 16.5. The van der Waals surface area contributed by atoms with Crippen molar-refractivity contribution in [3.05, 3.63) is 59.7 Å². The monoisotopic (exact) mass is 510 g/mol. The first-order valence-corrected chi connectivity index (χ1v) is 12.1. The van der Waals surface area contributed by atoms with E-state index in [0.29, 0.717) is 12.7 Å². The van der Waals surface area contributed by atoms with Crippen molar-refractivity contribution in [3.8, 4) is 11.1 Å². The molecule has 188 valence electrons. The summed E-state index contributed by atoms with van der Waals surface area (Å²) in [5.41, 5.74) is 0.481. The third kappa shape index (κ3) is 5.55. The van der Waals surface area contributed by atoms with Gasteiger partial charge in [-0.15, -0.1) is 0 Å². The van der Waals surface area contributed by atoms with Gasteiger partial charge < -0.3 is 20.5 Å². The summed E-state index contributed by atoms with van der Waals surface area (Å²) < 4.78 is 45.3. The van der Waals surface area contributed by atoms with Crippen LogP contribution in [0.15, 0.2) is 48.5 Å². The number of benzene rings is 2. The summed E-state index contributed by atoms with van der Waals surface area (Å²) in [7, 11) is 0. The van der Waals surface area contributed by atoms with Crippen LogP contribution in [0.1, 0.15) is 30.4 Å². The van der Waals surface area contributed by atoms with E-state index in [4.69, 9.17) is 9.84 Å². The number of fused-ring (bicyclic) bond motifs is 3. The Labute approximate surface area is 204 Å². The van der Waals surface area contributed by atoms with Crippen LogP contribution in [0.5, 0.6) is 0 Å². The van der Waals surface area contributed by atoms with Gasteiger partial charge in [-0.25, -0.2) is 9.59 Å². The summed E-state index contributed by atoms with van der Waals surface area (Å²) in [5, 5.41) is 12.9. The Balaban J connectivity index is 1.70. The van der Waals surface area contributed by atoms with Gasteiger partial charge in [0, 0.05) is 5.92 Å². The van der Waals surface area contributed by atoms with E-state index in [-0.39, 0.29) is 18.9 Å². The largest absolute Gasteiger partial charge is 0.479 e. The molecule has 1 aliphatic rings. The van der Waals surface area contributed by atoms with Crippen molar-refractivity contribution in [2.24, 2.45) is 0 Å². The lowest BCUT2D eigenvalue weighted by atomic mass is 9.98. The average molecular weight is 511 g/mol. The average Bonchev–Trinajstić information content (AvgIpc) is 3.13. The topological polar surface area (TPSA) is 105 Å². The van der Waals surface area contributed by atoms with Gasteiger partial charge in [0.25, 0.3) is 0 Å². The fraction of sp³-hybridized carbons (Fsp3) is 0.375. The Morgan fingerprint density at radius 1 is 1.06 bits per heavy atom. The number of rotatable bonds is 9. The summed E-state index contributed by atoms with van der Waals surface area (Å²) in [4.78, 5) is 36.4. The summed E-state index contributed by atoms with van der Waals surface area (Å²) in [6.45, 7) is 0.304. The second-order valence-electron chi connectivity index (χ2n) is 8.22. The van der Waals surface area contributed by atoms with Crippen molar-refractivity contribution in [3.63, 3.8) is 0 Å². The molecular weight excluding hydrogens is 485 g/mol. The summed E-state index contributed by atoms with van der Waals surface area (Å²) in [5.74, 6) is -3.44. The third-order valence-corrected chi connectivity index (χ3v) is 6.57. The molecular formula is C24H25F3N2O5S. The lowest BCUT2D eigenvalue weighted by Gasteiger charge is -2.30. The number of ether oxygens (including phenoxy) is 1. The molecule has 0 saturated heterocycles. The lowest BCUT2D eigenvalue weighted by Crippen LogP contribution is -2.64. The molecule has 2 atom stereocenters. The number of carboxylic acid groups (broad SMARTS) is 1. The van der Waals surface area contributed by atoms with Crippen molar-refractivity contribution in [1.82, 2.24) is 10.6 Å². The van der Waals surface area contributed by atoms with Crippen LogP contribution in [0.25, 0.3) is 11.1 Å². The molecule has 11 heteroatoms. The van der Waals surface area contributed by atoms with Gasteiger partial charge in [0.1, 0.15) is 12.6 Å². The molecule has 0 bridgehead atoms. The van der Waals surface area contributed by atoms with E-state index in [2.05, 4.69) is 5.32 Å². The maximum absolute atomic E-state index is 13.3. The van der Waals surface area contributed by atoms with E-state index in [1.165, 1.54) is 17.1 Å². The van der Waals surface area contributed by atoms with Crippen LogP contribution < -0.4 is 10.6 Å². The molecule has 0 aromatic heterocycles. The number of alkyl halides is 3. The summed E-state index contributed by atoms with van der Waals surface area (Å²) >= 11 is 1.31. The minimum absolute atomic E-state index is 0.0231. The van der Waals surface area contributed by atoms with E-state index in [1.807, 2.05) is 48.5 Å². The quantitative estimate of drug-likeness (QED) is 0.468. The highest BCUT2D eigenvalue weighted by atomic mass is 32.2. The van der Waals surface area contributed by atoms with Gasteiger partial charge in [-0.2, -0.15) is 24.9 Å². The van der Waals surface area contributed by atoms with Crippen molar-refractivity contribution >= 4 is 29.7 Å². The highest BCUT2D eigenvalue weighted by Gasteiger charge is 2.58. The number of nitrogens with one attached hydrogen (secondary N) is 2. The number of amides is 2. The molecule has 0 heterocycles. The van der Waals surface area contributed by atoms with Crippen LogP contribution in [-0.4, -0.2) is 59.4 Å². The molecule has 0 radical (unpaired) electrons. The Morgan fingerprint density at radius 2 is 1.60 bits per heavy atom. The Hall–Kier alpha value is -3.21. The van der Waals surface area contributed by atoms with Gasteiger partial charge in [-0.3, -0.25) is 4.79 Å². The second kappa shape index (κ2) is 10.6. The maximum atomic E-state index is 13.3. The van der Waals surface area contributed by atoms with Crippen LogP contribution in [0.2, 0.25) is 0 Å². The number of carboxylic acids is 1. The van der Waals surface area contributed by atoms with Crippen LogP contribution in [0, 0.1) is 0 Å². The second-order valence-corrected chi connectivity index (χ2v) is 9.21. The predicted molar refractivity (Wildman–Crippen MR) is 125 cm³/mol. The molecule has 1 unspecified atom stereocenters. The van der Waals surface area contributed by atoms with Gasteiger partial charge in [0.15, 0.2) is 0 Å². The van der Waals surface area contributed by atoms with Crippen LogP contribution in [0.3, 0.4) is 0 Å². The van der Waals surface area contributed by atoms with Crippen LogP contribution in [0.4, 0.5) is 18.0 Å². The first kappa shape index (κ1) is 26.4. The highest BCUT2D eigenvalue weighted by molar-refractivity contribution is 7.98. The smallest absolute Gasteiger partial charge is 0.422 e. The van der Waals surface area contributed by atoms with E-state index in [1.54, 1.807) is 6.26 Å². The van der Waals surface area contributed by atoms with E-state index < -0.39 is 35.7 Å². The van der Waals surface area contributed by atoms with Gasteiger partial charge in [0.05, 0.1) is 0 Å². The zero-order valence-corrected chi connectivity index (χ0v) is 19.8. The molecule has 2 amide bonds. The molecule has 1 aliphatic carbocycles. The summed E-state index contributed by atoms with van der Waals surface area (Å²) in [6, 6.07) is 14.0. The van der Waals surface area contributed by atoms with Crippen molar-refractivity contribution in [2.45, 2.75) is 37.0 Å². The Kier molecular flexibility index (Phi) is 7.99. The maximum Gasteiger partial charge on any atom is 0.422 e.